The maximum Gasteiger partial charge on any atom is 0.138 e. The first-order valence-electron chi connectivity index (χ1n) is 7.15. The SMILES string of the molecule is CC(C)Cn1ncnc1CC(Cc1ccc(Cl)cc1)NN. The van der Waals surface area contributed by atoms with Crippen molar-refractivity contribution < 1.29 is 0 Å². The number of nitrogens with two attached hydrogens (primary N) is 1. The Morgan fingerprint density at radius 3 is 2.57 bits per heavy atom. The standard InChI is InChI=1S/C15H22ClN5/c1-11(2)9-21-15(18-10-19-21)8-14(20-17)7-12-3-5-13(16)6-4-12/h3-6,10-11,14,20H,7-9,17H2,1-2H3. The molecule has 3 N–H and O–H groups in total. The zero-order valence-electron chi connectivity index (χ0n) is 12.5. The molecule has 0 bridgehead atoms. The lowest BCUT2D eigenvalue weighted by Gasteiger charge is -2.16. The third-order valence-electron chi connectivity index (χ3n) is 3.29. The average molecular weight is 308 g/mol. The highest BCUT2D eigenvalue weighted by Crippen LogP contribution is 2.12. The van der Waals surface area contributed by atoms with Crippen molar-refractivity contribution >= 4 is 11.6 Å². The van der Waals surface area contributed by atoms with Gasteiger partial charge in [-0.15, -0.1) is 0 Å². The van der Waals surface area contributed by atoms with Gasteiger partial charge in [-0.2, -0.15) is 5.10 Å². The summed E-state index contributed by atoms with van der Waals surface area (Å²) in [6.07, 6.45) is 3.17. The van der Waals surface area contributed by atoms with Crippen LogP contribution in [-0.4, -0.2) is 20.8 Å². The smallest absolute Gasteiger partial charge is 0.138 e. The molecule has 0 amide bonds. The molecule has 21 heavy (non-hydrogen) atoms. The Balaban J connectivity index is 2.02. The van der Waals surface area contributed by atoms with Crippen molar-refractivity contribution in [2.75, 3.05) is 0 Å². The molecule has 0 saturated heterocycles. The number of hydrogen-bond donors (Lipinski definition) is 2. The summed E-state index contributed by atoms with van der Waals surface area (Å²) in [7, 11) is 0. The minimum Gasteiger partial charge on any atom is -0.271 e. The van der Waals surface area contributed by atoms with Crippen molar-refractivity contribution in [3.63, 3.8) is 0 Å². The van der Waals surface area contributed by atoms with Gasteiger partial charge in [-0.1, -0.05) is 37.6 Å². The predicted molar refractivity (Wildman–Crippen MR) is 84.8 cm³/mol. The Hall–Kier alpha value is -1.43. The Morgan fingerprint density at radius 1 is 1.24 bits per heavy atom. The number of rotatable bonds is 7. The van der Waals surface area contributed by atoms with Gasteiger partial charge in [0.2, 0.25) is 0 Å². The van der Waals surface area contributed by atoms with E-state index < -0.39 is 0 Å². The van der Waals surface area contributed by atoms with Crippen LogP contribution in [0, 0.1) is 5.92 Å². The van der Waals surface area contributed by atoms with Gasteiger partial charge in [-0.05, 0) is 30.0 Å². The van der Waals surface area contributed by atoms with Crippen LogP contribution in [0.15, 0.2) is 30.6 Å². The van der Waals surface area contributed by atoms with E-state index in [1.165, 1.54) is 5.56 Å². The van der Waals surface area contributed by atoms with Gasteiger partial charge < -0.3 is 0 Å². The molecule has 0 saturated carbocycles. The number of halogens is 1. The Bertz CT molecular complexity index is 549. The maximum absolute atomic E-state index is 5.90. The van der Waals surface area contributed by atoms with Crippen LogP contribution in [0.4, 0.5) is 0 Å². The molecule has 1 atom stereocenters. The van der Waals surface area contributed by atoms with Crippen LogP contribution in [0.25, 0.3) is 0 Å². The highest BCUT2D eigenvalue weighted by atomic mass is 35.5. The van der Waals surface area contributed by atoms with Crippen LogP contribution >= 0.6 is 11.6 Å². The maximum atomic E-state index is 5.90. The lowest BCUT2D eigenvalue weighted by molar-refractivity contribution is 0.441. The van der Waals surface area contributed by atoms with Crippen molar-refractivity contribution in [2.45, 2.75) is 39.3 Å². The first kappa shape index (κ1) is 15.9. The van der Waals surface area contributed by atoms with E-state index in [0.29, 0.717) is 5.92 Å². The molecular formula is C15H22ClN5. The number of hydrazine groups is 1. The summed E-state index contributed by atoms with van der Waals surface area (Å²) >= 11 is 5.90. The van der Waals surface area contributed by atoms with Gasteiger partial charge in [0.25, 0.3) is 0 Å². The Labute approximate surface area is 130 Å². The lowest BCUT2D eigenvalue weighted by atomic mass is 10.0. The van der Waals surface area contributed by atoms with Crippen LogP contribution in [0.1, 0.15) is 25.2 Å². The van der Waals surface area contributed by atoms with Gasteiger partial charge in [-0.25, -0.2) is 9.67 Å². The molecular weight excluding hydrogens is 286 g/mol. The fourth-order valence-corrected chi connectivity index (χ4v) is 2.39. The van der Waals surface area contributed by atoms with E-state index in [0.717, 1.165) is 30.2 Å². The molecule has 0 fully saturated rings. The van der Waals surface area contributed by atoms with Crippen LogP contribution < -0.4 is 11.3 Å². The van der Waals surface area contributed by atoms with E-state index >= 15 is 0 Å². The summed E-state index contributed by atoms with van der Waals surface area (Å²) < 4.78 is 1.96. The third kappa shape index (κ3) is 4.81. The van der Waals surface area contributed by atoms with E-state index in [9.17, 15) is 0 Å². The topological polar surface area (TPSA) is 68.8 Å². The molecule has 0 radical (unpaired) electrons. The number of hydrogen-bond acceptors (Lipinski definition) is 4. The Kier molecular flexibility index (Phi) is 5.73. The summed E-state index contributed by atoms with van der Waals surface area (Å²) in [5, 5.41) is 5.03. The molecule has 0 aliphatic rings. The number of nitrogens with zero attached hydrogens (tertiary/aromatic N) is 3. The summed E-state index contributed by atoms with van der Waals surface area (Å²) in [5.74, 6) is 7.18. The average Bonchev–Trinajstić information content (AvgIpc) is 2.87. The summed E-state index contributed by atoms with van der Waals surface area (Å²) in [5.41, 5.74) is 4.06. The summed E-state index contributed by atoms with van der Waals surface area (Å²) in [6, 6.07) is 7.94. The second kappa shape index (κ2) is 7.54. The quantitative estimate of drug-likeness (QED) is 0.608. The fraction of sp³-hybridized carbons (Fsp3) is 0.467. The van der Waals surface area contributed by atoms with E-state index in [1.807, 2.05) is 28.9 Å². The van der Waals surface area contributed by atoms with Gasteiger partial charge in [0, 0.05) is 24.0 Å². The molecule has 0 aliphatic heterocycles. The minimum absolute atomic E-state index is 0.112. The van der Waals surface area contributed by atoms with E-state index in [-0.39, 0.29) is 6.04 Å². The van der Waals surface area contributed by atoms with E-state index in [1.54, 1.807) is 6.33 Å². The molecule has 1 heterocycles. The third-order valence-corrected chi connectivity index (χ3v) is 3.55. The van der Waals surface area contributed by atoms with Crippen molar-refractivity contribution in [2.24, 2.45) is 11.8 Å². The Morgan fingerprint density at radius 2 is 1.95 bits per heavy atom. The van der Waals surface area contributed by atoms with Crippen molar-refractivity contribution in [1.82, 2.24) is 20.2 Å². The second-order valence-electron chi connectivity index (χ2n) is 5.65. The van der Waals surface area contributed by atoms with Gasteiger partial charge in [-0.3, -0.25) is 11.3 Å². The highest BCUT2D eigenvalue weighted by Gasteiger charge is 2.14. The molecule has 1 aromatic heterocycles. The van der Waals surface area contributed by atoms with Gasteiger partial charge in [0.1, 0.15) is 12.2 Å². The van der Waals surface area contributed by atoms with E-state index in [4.69, 9.17) is 17.4 Å². The number of benzene rings is 1. The lowest BCUT2D eigenvalue weighted by Crippen LogP contribution is -2.39. The van der Waals surface area contributed by atoms with E-state index in [2.05, 4.69) is 29.4 Å². The molecule has 5 nitrogen and oxygen atoms in total. The zero-order chi connectivity index (χ0) is 15.2. The summed E-state index contributed by atoms with van der Waals surface area (Å²) in [4.78, 5) is 4.35. The van der Waals surface area contributed by atoms with Crippen LogP contribution in [0.3, 0.4) is 0 Å². The molecule has 1 aromatic carbocycles. The molecule has 2 aromatic rings. The molecule has 1 unspecified atom stereocenters. The van der Waals surface area contributed by atoms with Gasteiger partial charge in [0.05, 0.1) is 0 Å². The zero-order valence-corrected chi connectivity index (χ0v) is 13.2. The number of aromatic nitrogens is 3. The summed E-state index contributed by atoms with van der Waals surface area (Å²) in [6.45, 7) is 5.20. The van der Waals surface area contributed by atoms with Crippen LogP contribution in [-0.2, 0) is 19.4 Å². The van der Waals surface area contributed by atoms with Crippen molar-refractivity contribution in [1.29, 1.82) is 0 Å². The predicted octanol–water partition coefficient (Wildman–Crippen LogP) is 2.20. The van der Waals surface area contributed by atoms with Crippen LogP contribution in [0.2, 0.25) is 5.02 Å². The molecule has 6 heteroatoms. The van der Waals surface area contributed by atoms with Crippen LogP contribution in [0.5, 0.6) is 0 Å². The van der Waals surface area contributed by atoms with Gasteiger partial charge >= 0.3 is 0 Å². The van der Waals surface area contributed by atoms with Gasteiger partial charge in [0.15, 0.2) is 0 Å². The largest absolute Gasteiger partial charge is 0.271 e. The molecule has 114 valence electrons. The first-order chi connectivity index (χ1) is 10.1. The molecule has 2 rings (SSSR count). The van der Waals surface area contributed by atoms with Crippen molar-refractivity contribution in [3.05, 3.63) is 47.0 Å². The first-order valence-corrected chi connectivity index (χ1v) is 7.53. The normalized spacial score (nSPS) is 12.8. The second-order valence-corrected chi connectivity index (χ2v) is 6.09. The minimum atomic E-state index is 0.112. The number of nitrogens with one attached hydrogen (secondary N) is 1. The van der Waals surface area contributed by atoms with Crippen molar-refractivity contribution in [3.8, 4) is 0 Å². The highest BCUT2D eigenvalue weighted by molar-refractivity contribution is 6.30. The fourth-order valence-electron chi connectivity index (χ4n) is 2.26. The molecule has 0 aliphatic carbocycles. The molecule has 0 spiro atoms. The monoisotopic (exact) mass is 307 g/mol.